The van der Waals surface area contributed by atoms with Crippen LogP contribution in [0.15, 0.2) is 83.8 Å². The number of rotatable bonds is 11. The summed E-state index contributed by atoms with van der Waals surface area (Å²) in [6, 6.07) is 12.5. The lowest BCUT2D eigenvalue weighted by atomic mass is 9.87. The second-order valence-electron chi connectivity index (χ2n) is 9.97. The number of nitrogens with one attached hydrogen (secondary N) is 2. The first-order valence-electron chi connectivity index (χ1n) is 13.5. The summed E-state index contributed by atoms with van der Waals surface area (Å²) in [5.41, 5.74) is 9.33. The van der Waals surface area contributed by atoms with E-state index in [1.807, 2.05) is 6.07 Å². The predicted molar refractivity (Wildman–Crippen MR) is 155 cm³/mol. The van der Waals surface area contributed by atoms with Crippen LogP contribution in [-0.2, 0) is 17.6 Å². The standard InChI is InChI=1S/C32H37N2OP/c1-2-11-30(35)29(22-23-12-6-5-7-13-23)33-27(24-16-10-17-24)19-18-26-31(25-14-8-3-4-9-15-25)34-28-20-21-36-32(26)28/h3-8,12-15,20-21,29,33-34,36H,2,9-11,16-19,22H2,1H3. The van der Waals surface area contributed by atoms with Crippen LogP contribution in [-0.4, -0.2) is 16.8 Å². The van der Waals surface area contributed by atoms with Gasteiger partial charge in [0, 0.05) is 22.9 Å². The molecular formula is C32H37N2OP. The molecule has 1 saturated carbocycles. The van der Waals surface area contributed by atoms with Crippen molar-refractivity contribution in [1.29, 1.82) is 0 Å². The largest absolute Gasteiger partial charge is 0.378 e. The number of Topliss-reactive ketones (excluding diaryl/α,β-unsaturated/α-hetero) is 1. The number of H-pyrrole nitrogens is 1. The number of aryl methyl sites for hydroxylation is 1. The molecule has 2 atom stereocenters. The van der Waals surface area contributed by atoms with Gasteiger partial charge in [-0.25, -0.2) is 0 Å². The van der Waals surface area contributed by atoms with Crippen molar-refractivity contribution in [3.05, 3.63) is 101 Å². The SMILES string of the molecule is CCCC(=O)C(Cc1ccccc1)NC(CCc1c(C2=CCC=CC=C2)[nH]c2cc[pH]c12)=C1CCC1. The third kappa shape index (κ3) is 5.68. The van der Waals surface area contributed by atoms with Gasteiger partial charge in [-0.3, -0.25) is 4.79 Å². The highest BCUT2D eigenvalue weighted by Gasteiger charge is 2.23. The molecular weight excluding hydrogens is 459 g/mol. The summed E-state index contributed by atoms with van der Waals surface area (Å²) in [5.74, 6) is 2.62. The van der Waals surface area contributed by atoms with Gasteiger partial charge >= 0.3 is 0 Å². The third-order valence-corrected chi connectivity index (χ3v) is 8.61. The molecule has 0 radical (unpaired) electrons. The lowest BCUT2D eigenvalue weighted by Crippen LogP contribution is -2.39. The number of carbonyl (C=O) groups is 1. The molecule has 2 heterocycles. The Kier molecular flexibility index (Phi) is 8.08. The van der Waals surface area contributed by atoms with E-state index in [1.54, 1.807) is 0 Å². The molecule has 2 aliphatic rings. The van der Waals surface area contributed by atoms with Crippen LogP contribution in [0.2, 0.25) is 0 Å². The molecule has 0 bridgehead atoms. The summed E-state index contributed by atoms with van der Waals surface area (Å²) in [5, 5.41) is 5.27. The number of ketones is 1. The minimum atomic E-state index is -0.158. The Bertz CT molecular complexity index is 1310. The average molecular weight is 497 g/mol. The van der Waals surface area contributed by atoms with Gasteiger partial charge in [-0.1, -0.05) is 73.2 Å². The third-order valence-electron chi connectivity index (χ3n) is 7.42. The highest BCUT2D eigenvalue weighted by Crippen LogP contribution is 2.37. The Morgan fingerprint density at radius 2 is 1.97 bits per heavy atom. The molecule has 5 rings (SSSR count). The molecule has 2 aliphatic carbocycles. The van der Waals surface area contributed by atoms with Crippen LogP contribution in [0, 0.1) is 0 Å². The zero-order valence-electron chi connectivity index (χ0n) is 21.3. The van der Waals surface area contributed by atoms with Crippen LogP contribution in [0.25, 0.3) is 16.2 Å². The number of carbonyl (C=O) groups excluding carboxylic acids is 1. The normalized spacial score (nSPS) is 16.1. The van der Waals surface area contributed by atoms with Crippen molar-refractivity contribution in [2.75, 3.05) is 0 Å². The van der Waals surface area contributed by atoms with Crippen molar-refractivity contribution in [1.82, 2.24) is 10.3 Å². The fraction of sp³-hybridized carbons (Fsp3) is 0.344. The minimum absolute atomic E-state index is 0.158. The number of aromatic nitrogens is 1. The number of allylic oxidation sites excluding steroid dienone is 8. The molecule has 2 aromatic heterocycles. The first-order valence-corrected chi connectivity index (χ1v) is 14.6. The van der Waals surface area contributed by atoms with Gasteiger partial charge in [-0.15, -0.1) is 8.19 Å². The molecule has 0 spiro atoms. The van der Waals surface area contributed by atoms with E-state index < -0.39 is 0 Å². The Morgan fingerprint density at radius 3 is 2.75 bits per heavy atom. The maximum Gasteiger partial charge on any atom is 0.155 e. The molecule has 1 fully saturated rings. The summed E-state index contributed by atoms with van der Waals surface area (Å²) >= 11 is 0. The summed E-state index contributed by atoms with van der Waals surface area (Å²) in [6.07, 6.45) is 19.8. The molecule has 0 amide bonds. The highest BCUT2D eigenvalue weighted by atomic mass is 31.0. The van der Waals surface area contributed by atoms with Crippen molar-refractivity contribution in [3.8, 4) is 0 Å². The molecule has 2 N–H and O–H groups in total. The van der Waals surface area contributed by atoms with Crippen LogP contribution in [0.5, 0.6) is 0 Å². The minimum Gasteiger partial charge on any atom is -0.378 e. The summed E-state index contributed by atoms with van der Waals surface area (Å²) in [6.45, 7) is 2.09. The number of hydrogen-bond donors (Lipinski definition) is 2. The fourth-order valence-corrected chi connectivity index (χ4v) is 6.44. The number of fused-ring (bicyclic) bond motifs is 1. The van der Waals surface area contributed by atoms with Gasteiger partial charge in [0.25, 0.3) is 0 Å². The second-order valence-corrected chi connectivity index (χ2v) is 11.1. The topological polar surface area (TPSA) is 44.9 Å². The fourth-order valence-electron chi connectivity index (χ4n) is 5.30. The molecule has 3 nitrogen and oxygen atoms in total. The van der Waals surface area contributed by atoms with E-state index in [-0.39, 0.29) is 6.04 Å². The maximum absolute atomic E-state index is 13.2. The first kappa shape index (κ1) is 24.7. The Hall–Kier alpha value is -3.03. The van der Waals surface area contributed by atoms with E-state index >= 15 is 0 Å². The number of benzene rings is 1. The monoisotopic (exact) mass is 496 g/mol. The average Bonchev–Trinajstić information content (AvgIpc) is 3.33. The quantitative estimate of drug-likeness (QED) is 0.282. The van der Waals surface area contributed by atoms with Crippen molar-refractivity contribution in [2.24, 2.45) is 0 Å². The van der Waals surface area contributed by atoms with Gasteiger partial charge in [-0.05, 0) is 79.9 Å². The van der Waals surface area contributed by atoms with Crippen LogP contribution in [0.1, 0.15) is 68.7 Å². The van der Waals surface area contributed by atoms with E-state index in [2.05, 4.69) is 83.7 Å². The van der Waals surface area contributed by atoms with Crippen molar-refractivity contribution >= 4 is 30.2 Å². The summed E-state index contributed by atoms with van der Waals surface area (Å²) in [4.78, 5) is 16.9. The van der Waals surface area contributed by atoms with Gasteiger partial charge in [0.15, 0.2) is 5.78 Å². The highest BCUT2D eigenvalue weighted by molar-refractivity contribution is 7.36. The number of aromatic amines is 1. The second kappa shape index (κ2) is 11.8. The zero-order valence-corrected chi connectivity index (χ0v) is 22.3. The molecule has 0 aliphatic heterocycles. The Labute approximate surface area is 216 Å². The van der Waals surface area contributed by atoms with E-state index in [0.29, 0.717) is 12.2 Å². The molecule has 3 aromatic rings. The predicted octanol–water partition coefficient (Wildman–Crippen LogP) is 8.04. The van der Waals surface area contributed by atoms with Crippen molar-refractivity contribution in [2.45, 2.75) is 70.8 Å². The van der Waals surface area contributed by atoms with Gasteiger partial charge in [0.1, 0.15) is 0 Å². The molecule has 4 heteroatoms. The van der Waals surface area contributed by atoms with Gasteiger partial charge in [0.05, 0.1) is 11.6 Å². The lowest BCUT2D eigenvalue weighted by molar-refractivity contribution is -0.120. The Morgan fingerprint density at radius 1 is 1.11 bits per heavy atom. The van der Waals surface area contributed by atoms with Crippen molar-refractivity contribution < 1.29 is 4.79 Å². The first-order chi connectivity index (χ1) is 17.7. The van der Waals surface area contributed by atoms with E-state index in [0.717, 1.165) is 53.1 Å². The van der Waals surface area contributed by atoms with Crippen LogP contribution < -0.4 is 5.32 Å². The molecule has 0 saturated heterocycles. The molecule has 1 aromatic carbocycles. The lowest BCUT2D eigenvalue weighted by Gasteiger charge is -2.28. The van der Waals surface area contributed by atoms with Crippen molar-refractivity contribution in [3.63, 3.8) is 0 Å². The van der Waals surface area contributed by atoms with E-state index in [1.165, 1.54) is 50.7 Å². The van der Waals surface area contributed by atoms with Gasteiger partial charge in [0.2, 0.25) is 0 Å². The molecule has 2 unspecified atom stereocenters. The summed E-state index contributed by atoms with van der Waals surface area (Å²) in [7, 11) is 0.728. The number of hydrogen-bond acceptors (Lipinski definition) is 2. The van der Waals surface area contributed by atoms with Crippen LogP contribution in [0.3, 0.4) is 0 Å². The van der Waals surface area contributed by atoms with Gasteiger partial charge < -0.3 is 10.3 Å². The van der Waals surface area contributed by atoms with E-state index in [9.17, 15) is 4.79 Å². The Balaban J connectivity index is 1.40. The smallest absolute Gasteiger partial charge is 0.155 e. The molecule has 186 valence electrons. The summed E-state index contributed by atoms with van der Waals surface area (Å²) < 4.78 is 0. The van der Waals surface area contributed by atoms with E-state index in [4.69, 9.17) is 0 Å². The zero-order chi connectivity index (χ0) is 24.7. The van der Waals surface area contributed by atoms with Crippen LogP contribution >= 0.6 is 8.19 Å². The van der Waals surface area contributed by atoms with Crippen LogP contribution in [0.4, 0.5) is 0 Å². The maximum atomic E-state index is 13.2. The molecule has 36 heavy (non-hydrogen) atoms. The van der Waals surface area contributed by atoms with Gasteiger partial charge in [-0.2, -0.15) is 0 Å².